The summed E-state index contributed by atoms with van der Waals surface area (Å²) in [6.45, 7) is 2.60. The summed E-state index contributed by atoms with van der Waals surface area (Å²) >= 11 is 0. The fourth-order valence-electron chi connectivity index (χ4n) is 2.92. The standard InChI is InChI=1S/C19H21FN2O4S/c1-15(26-17-5-3-2-4-6-17)19(23)21-11-13-22(14-12-21)27(24,25)18-9-7-16(20)8-10-18/h2-10,15H,11-14H2,1H3/t15-/m1/s1. The lowest BCUT2D eigenvalue weighted by atomic mass is 10.3. The molecule has 1 aliphatic heterocycles. The number of hydrogen-bond acceptors (Lipinski definition) is 4. The third kappa shape index (κ3) is 4.45. The topological polar surface area (TPSA) is 66.9 Å². The van der Waals surface area contributed by atoms with Crippen molar-refractivity contribution in [2.75, 3.05) is 26.2 Å². The molecule has 8 heteroatoms. The molecule has 1 amide bonds. The zero-order valence-electron chi connectivity index (χ0n) is 14.9. The van der Waals surface area contributed by atoms with Gasteiger partial charge in [0.1, 0.15) is 11.6 Å². The molecule has 1 fully saturated rings. The van der Waals surface area contributed by atoms with Crippen LogP contribution in [-0.4, -0.2) is 55.8 Å². The predicted molar refractivity (Wildman–Crippen MR) is 98.3 cm³/mol. The molecule has 144 valence electrons. The Bertz CT molecular complexity index is 880. The van der Waals surface area contributed by atoms with Crippen molar-refractivity contribution in [3.8, 4) is 5.75 Å². The minimum absolute atomic E-state index is 0.0458. The average molecular weight is 392 g/mol. The smallest absolute Gasteiger partial charge is 0.263 e. The van der Waals surface area contributed by atoms with E-state index in [1.165, 1.54) is 16.4 Å². The number of rotatable bonds is 5. The zero-order chi connectivity index (χ0) is 19.4. The van der Waals surface area contributed by atoms with Gasteiger partial charge in [0.15, 0.2) is 6.10 Å². The van der Waals surface area contributed by atoms with Gasteiger partial charge in [-0.2, -0.15) is 4.31 Å². The van der Waals surface area contributed by atoms with E-state index in [4.69, 9.17) is 4.74 Å². The van der Waals surface area contributed by atoms with E-state index in [-0.39, 0.29) is 37.0 Å². The Balaban J connectivity index is 1.59. The molecule has 1 aliphatic rings. The summed E-state index contributed by atoms with van der Waals surface area (Å²) in [5.74, 6) is -0.0645. The predicted octanol–water partition coefficient (Wildman–Crippen LogP) is 2.13. The van der Waals surface area contributed by atoms with Crippen molar-refractivity contribution in [1.29, 1.82) is 0 Å². The van der Waals surface area contributed by atoms with Gasteiger partial charge in [-0.25, -0.2) is 12.8 Å². The van der Waals surface area contributed by atoms with Crippen molar-refractivity contribution in [2.24, 2.45) is 0 Å². The fourth-order valence-corrected chi connectivity index (χ4v) is 4.34. The summed E-state index contributed by atoms with van der Waals surface area (Å²) in [6.07, 6.45) is -0.660. The van der Waals surface area contributed by atoms with Gasteiger partial charge in [0.25, 0.3) is 5.91 Å². The van der Waals surface area contributed by atoms with Gasteiger partial charge in [-0.05, 0) is 43.3 Å². The largest absolute Gasteiger partial charge is 0.481 e. The fraction of sp³-hybridized carbons (Fsp3) is 0.316. The van der Waals surface area contributed by atoms with E-state index in [2.05, 4.69) is 0 Å². The van der Waals surface area contributed by atoms with E-state index < -0.39 is 21.9 Å². The number of sulfonamides is 1. The van der Waals surface area contributed by atoms with Crippen LogP contribution in [0.1, 0.15) is 6.92 Å². The number of para-hydroxylation sites is 1. The molecule has 0 N–H and O–H groups in total. The summed E-state index contributed by atoms with van der Waals surface area (Å²) < 4.78 is 45.2. The van der Waals surface area contributed by atoms with Crippen LogP contribution in [0.25, 0.3) is 0 Å². The van der Waals surface area contributed by atoms with Crippen molar-refractivity contribution in [2.45, 2.75) is 17.9 Å². The van der Waals surface area contributed by atoms with Crippen LogP contribution in [0.3, 0.4) is 0 Å². The van der Waals surface area contributed by atoms with E-state index in [0.29, 0.717) is 5.75 Å². The Morgan fingerprint density at radius 3 is 2.19 bits per heavy atom. The van der Waals surface area contributed by atoms with Crippen LogP contribution in [-0.2, 0) is 14.8 Å². The van der Waals surface area contributed by atoms with E-state index in [1.54, 1.807) is 24.0 Å². The molecule has 1 atom stereocenters. The number of carbonyl (C=O) groups is 1. The third-order valence-corrected chi connectivity index (χ3v) is 6.32. The Labute approximate surface area is 158 Å². The molecule has 0 aliphatic carbocycles. The molecule has 2 aromatic rings. The molecular formula is C19H21FN2O4S. The number of ether oxygens (including phenoxy) is 1. The van der Waals surface area contributed by atoms with Crippen molar-refractivity contribution in [3.63, 3.8) is 0 Å². The molecule has 27 heavy (non-hydrogen) atoms. The Hall–Kier alpha value is -2.45. The van der Waals surface area contributed by atoms with Crippen LogP contribution < -0.4 is 4.74 Å². The molecule has 0 aromatic heterocycles. The van der Waals surface area contributed by atoms with Gasteiger partial charge in [0.2, 0.25) is 10.0 Å². The Kier molecular flexibility index (Phi) is 5.76. The van der Waals surface area contributed by atoms with E-state index in [9.17, 15) is 17.6 Å². The van der Waals surface area contributed by atoms with Crippen molar-refractivity contribution >= 4 is 15.9 Å². The number of piperazine rings is 1. The maximum absolute atomic E-state index is 13.0. The minimum Gasteiger partial charge on any atom is -0.481 e. The summed E-state index contributed by atoms with van der Waals surface area (Å²) in [7, 11) is -3.70. The number of carbonyl (C=O) groups excluding carboxylic acids is 1. The van der Waals surface area contributed by atoms with Crippen LogP contribution in [0.5, 0.6) is 5.75 Å². The number of benzene rings is 2. The lowest BCUT2D eigenvalue weighted by Gasteiger charge is -2.35. The first-order valence-electron chi connectivity index (χ1n) is 8.64. The van der Waals surface area contributed by atoms with E-state index in [0.717, 1.165) is 12.1 Å². The van der Waals surface area contributed by atoms with Gasteiger partial charge in [-0.3, -0.25) is 4.79 Å². The highest BCUT2D eigenvalue weighted by Crippen LogP contribution is 2.19. The summed E-state index contributed by atoms with van der Waals surface area (Å²) in [6, 6.07) is 13.8. The second-order valence-corrected chi connectivity index (χ2v) is 8.19. The van der Waals surface area contributed by atoms with Crippen molar-refractivity contribution in [1.82, 2.24) is 9.21 Å². The van der Waals surface area contributed by atoms with Crippen LogP contribution in [0.2, 0.25) is 0 Å². The Morgan fingerprint density at radius 1 is 1.00 bits per heavy atom. The van der Waals surface area contributed by atoms with Gasteiger partial charge in [-0.1, -0.05) is 18.2 Å². The first-order chi connectivity index (χ1) is 12.9. The first kappa shape index (κ1) is 19.3. The second-order valence-electron chi connectivity index (χ2n) is 6.26. The van der Waals surface area contributed by atoms with Gasteiger partial charge in [0, 0.05) is 26.2 Å². The molecule has 0 bridgehead atoms. The summed E-state index contributed by atoms with van der Waals surface area (Å²) in [5, 5.41) is 0. The van der Waals surface area contributed by atoms with Crippen LogP contribution in [0, 0.1) is 5.82 Å². The van der Waals surface area contributed by atoms with Crippen LogP contribution in [0.4, 0.5) is 4.39 Å². The molecule has 0 unspecified atom stereocenters. The maximum Gasteiger partial charge on any atom is 0.263 e. The zero-order valence-corrected chi connectivity index (χ0v) is 15.7. The summed E-state index contributed by atoms with van der Waals surface area (Å²) in [5.41, 5.74) is 0. The normalized spacial score (nSPS) is 16.7. The number of amides is 1. The highest BCUT2D eigenvalue weighted by Gasteiger charge is 2.32. The maximum atomic E-state index is 13.0. The number of hydrogen-bond donors (Lipinski definition) is 0. The van der Waals surface area contributed by atoms with Gasteiger partial charge in [-0.15, -0.1) is 0 Å². The molecule has 2 aromatic carbocycles. The molecule has 3 rings (SSSR count). The van der Waals surface area contributed by atoms with Crippen molar-refractivity contribution < 1.29 is 22.3 Å². The molecule has 0 radical (unpaired) electrons. The molecule has 6 nitrogen and oxygen atoms in total. The van der Waals surface area contributed by atoms with Gasteiger partial charge in [0.05, 0.1) is 4.90 Å². The molecule has 0 spiro atoms. The molecule has 1 saturated heterocycles. The molecule has 0 saturated carbocycles. The second kappa shape index (κ2) is 8.06. The molecular weight excluding hydrogens is 371 g/mol. The Morgan fingerprint density at radius 2 is 1.59 bits per heavy atom. The number of nitrogens with zero attached hydrogens (tertiary/aromatic N) is 2. The lowest BCUT2D eigenvalue weighted by molar-refractivity contribution is -0.139. The van der Waals surface area contributed by atoms with Crippen LogP contribution >= 0.6 is 0 Å². The number of halogens is 1. The monoisotopic (exact) mass is 392 g/mol. The van der Waals surface area contributed by atoms with Gasteiger partial charge < -0.3 is 9.64 Å². The van der Waals surface area contributed by atoms with Crippen molar-refractivity contribution in [3.05, 3.63) is 60.4 Å². The highest BCUT2D eigenvalue weighted by atomic mass is 32.2. The van der Waals surface area contributed by atoms with Gasteiger partial charge >= 0.3 is 0 Å². The van der Waals surface area contributed by atoms with Crippen LogP contribution in [0.15, 0.2) is 59.5 Å². The first-order valence-corrected chi connectivity index (χ1v) is 10.1. The third-order valence-electron chi connectivity index (χ3n) is 4.41. The SMILES string of the molecule is C[C@@H](Oc1ccccc1)C(=O)N1CCN(S(=O)(=O)c2ccc(F)cc2)CC1. The molecule has 1 heterocycles. The highest BCUT2D eigenvalue weighted by molar-refractivity contribution is 7.89. The van der Waals surface area contributed by atoms with E-state index in [1.807, 2.05) is 18.2 Å². The van der Waals surface area contributed by atoms with E-state index >= 15 is 0 Å². The minimum atomic E-state index is -3.70. The quantitative estimate of drug-likeness (QED) is 0.782. The lowest BCUT2D eigenvalue weighted by Crippen LogP contribution is -2.53. The average Bonchev–Trinajstić information content (AvgIpc) is 2.68. The summed E-state index contributed by atoms with van der Waals surface area (Å²) in [4.78, 5) is 14.2.